The molecule has 1 atom stereocenters. The van der Waals surface area contributed by atoms with Crippen molar-refractivity contribution in [3.63, 3.8) is 0 Å². The second-order valence-corrected chi connectivity index (χ2v) is 3.27. The van der Waals surface area contributed by atoms with Crippen molar-refractivity contribution in [3.8, 4) is 0 Å². The molecule has 0 aromatic carbocycles. The van der Waals surface area contributed by atoms with E-state index in [4.69, 9.17) is 0 Å². The van der Waals surface area contributed by atoms with E-state index >= 15 is 0 Å². The molecule has 1 aromatic rings. The van der Waals surface area contributed by atoms with Gasteiger partial charge >= 0.3 is 0 Å². The van der Waals surface area contributed by atoms with Gasteiger partial charge in [0.1, 0.15) is 0 Å². The third-order valence-electron chi connectivity index (χ3n) is 2.20. The van der Waals surface area contributed by atoms with Gasteiger partial charge in [0, 0.05) is 13.0 Å². The number of hydrogen-bond donors (Lipinski definition) is 0. The third-order valence-corrected chi connectivity index (χ3v) is 2.20. The van der Waals surface area contributed by atoms with Crippen LogP contribution < -0.4 is 0 Å². The summed E-state index contributed by atoms with van der Waals surface area (Å²) < 4.78 is 1.92. The lowest BCUT2D eigenvalue weighted by Gasteiger charge is -2.02. The van der Waals surface area contributed by atoms with Gasteiger partial charge < -0.3 is 0 Å². The Bertz CT molecular complexity index is 242. The molecule has 1 aliphatic heterocycles. The van der Waals surface area contributed by atoms with E-state index in [9.17, 15) is 0 Å². The Hall–Kier alpha value is -0.930. The molecule has 0 saturated carbocycles. The molecule has 0 saturated heterocycles. The zero-order chi connectivity index (χ0) is 7.68. The van der Waals surface area contributed by atoms with E-state index in [1.54, 1.807) is 0 Å². The van der Waals surface area contributed by atoms with Crippen molar-refractivity contribution in [3.05, 3.63) is 5.82 Å². The highest BCUT2D eigenvalue weighted by Crippen LogP contribution is 2.16. The molecule has 0 amide bonds. The number of tetrazole rings is 1. The van der Waals surface area contributed by atoms with Gasteiger partial charge in [0.15, 0.2) is 5.82 Å². The summed E-state index contributed by atoms with van der Waals surface area (Å²) >= 11 is 0. The van der Waals surface area contributed by atoms with Gasteiger partial charge in [-0.15, -0.1) is 5.10 Å². The van der Waals surface area contributed by atoms with E-state index < -0.39 is 0 Å². The summed E-state index contributed by atoms with van der Waals surface area (Å²) in [5.41, 5.74) is 0. The number of hydrogen-bond acceptors (Lipinski definition) is 3. The summed E-state index contributed by atoms with van der Waals surface area (Å²) in [6.45, 7) is 3.25. The van der Waals surface area contributed by atoms with Crippen molar-refractivity contribution in [1.29, 1.82) is 0 Å². The Kier molecular flexibility index (Phi) is 1.60. The summed E-state index contributed by atoms with van der Waals surface area (Å²) in [7, 11) is 0. The minimum atomic E-state index is 0.738. The van der Waals surface area contributed by atoms with Crippen LogP contribution in [0.1, 0.15) is 25.6 Å². The van der Waals surface area contributed by atoms with E-state index in [-0.39, 0.29) is 0 Å². The Morgan fingerprint density at radius 3 is 3.36 bits per heavy atom. The maximum absolute atomic E-state index is 3.97. The molecule has 1 unspecified atom stereocenters. The number of aromatic nitrogens is 4. The van der Waals surface area contributed by atoms with Crippen LogP contribution in [-0.4, -0.2) is 20.2 Å². The Morgan fingerprint density at radius 2 is 2.45 bits per heavy atom. The molecule has 0 radical (unpaired) electrons. The van der Waals surface area contributed by atoms with Crippen LogP contribution in [0.3, 0.4) is 0 Å². The molecule has 0 N–H and O–H groups in total. The standard InChI is InChI=1S/C7H12N4/c1-6-3-2-4-11-7(5-6)8-9-10-11/h6H,2-5H2,1H3. The Morgan fingerprint density at radius 1 is 1.55 bits per heavy atom. The van der Waals surface area contributed by atoms with Gasteiger partial charge in [-0.25, -0.2) is 4.68 Å². The zero-order valence-corrected chi connectivity index (χ0v) is 6.69. The third kappa shape index (κ3) is 1.25. The van der Waals surface area contributed by atoms with Crippen LogP contribution in [0.4, 0.5) is 0 Å². The van der Waals surface area contributed by atoms with Crippen molar-refractivity contribution in [2.45, 2.75) is 32.7 Å². The largest absolute Gasteiger partial charge is 0.230 e. The first-order valence-corrected chi connectivity index (χ1v) is 4.11. The summed E-state index contributed by atoms with van der Waals surface area (Å²) in [4.78, 5) is 0. The van der Waals surface area contributed by atoms with Crippen LogP contribution in [0.15, 0.2) is 0 Å². The lowest BCUT2D eigenvalue weighted by molar-refractivity contribution is 0.504. The smallest absolute Gasteiger partial charge is 0.151 e. The van der Waals surface area contributed by atoms with Gasteiger partial charge in [-0.3, -0.25) is 0 Å². The molecule has 4 heteroatoms. The van der Waals surface area contributed by atoms with Gasteiger partial charge in [-0.05, 0) is 29.2 Å². The SMILES string of the molecule is CC1CCCn2nnnc2C1. The number of nitrogens with zero attached hydrogens (tertiary/aromatic N) is 4. The second kappa shape index (κ2) is 2.60. The van der Waals surface area contributed by atoms with E-state index in [1.165, 1.54) is 12.8 Å². The second-order valence-electron chi connectivity index (χ2n) is 3.27. The van der Waals surface area contributed by atoms with Gasteiger partial charge in [-0.2, -0.15) is 0 Å². The highest BCUT2D eigenvalue weighted by molar-refractivity contribution is 4.85. The van der Waals surface area contributed by atoms with Crippen LogP contribution in [0, 0.1) is 5.92 Å². The molecule has 2 heterocycles. The quantitative estimate of drug-likeness (QED) is 0.548. The van der Waals surface area contributed by atoms with E-state index in [0.29, 0.717) is 0 Å². The van der Waals surface area contributed by atoms with E-state index in [0.717, 1.165) is 24.7 Å². The van der Waals surface area contributed by atoms with Crippen molar-refractivity contribution in [2.75, 3.05) is 0 Å². The van der Waals surface area contributed by atoms with Crippen LogP contribution in [0.2, 0.25) is 0 Å². The first-order chi connectivity index (χ1) is 5.36. The summed E-state index contributed by atoms with van der Waals surface area (Å²) in [5.74, 6) is 1.79. The van der Waals surface area contributed by atoms with E-state index in [1.807, 2.05) is 4.68 Å². The lowest BCUT2D eigenvalue weighted by atomic mass is 10.0. The molecule has 0 spiro atoms. The maximum atomic E-state index is 3.97. The fraction of sp³-hybridized carbons (Fsp3) is 0.857. The average Bonchev–Trinajstić information content (AvgIpc) is 2.31. The Labute approximate surface area is 65.6 Å². The molecule has 0 aliphatic carbocycles. The predicted octanol–water partition coefficient (Wildman–Crippen LogP) is 0.645. The van der Waals surface area contributed by atoms with E-state index in [2.05, 4.69) is 22.4 Å². The molecule has 0 fully saturated rings. The summed E-state index contributed by atoms with van der Waals surface area (Å²) in [6.07, 6.45) is 3.53. The van der Waals surface area contributed by atoms with Gasteiger partial charge in [0.05, 0.1) is 0 Å². The van der Waals surface area contributed by atoms with Crippen molar-refractivity contribution < 1.29 is 0 Å². The van der Waals surface area contributed by atoms with Crippen molar-refractivity contribution in [1.82, 2.24) is 20.2 Å². The molecule has 11 heavy (non-hydrogen) atoms. The van der Waals surface area contributed by atoms with Crippen LogP contribution in [-0.2, 0) is 13.0 Å². The van der Waals surface area contributed by atoms with Gasteiger partial charge in [0.2, 0.25) is 0 Å². The maximum Gasteiger partial charge on any atom is 0.151 e. The zero-order valence-electron chi connectivity index (χ0n) is 6.69. The predicted molar refractivity (Wildman–Crippen MR) is 39.9 cm³/mol. The highest BCUT2D eigenvalue weighted by Gasteiger charge is 2.14. The monoisotopic (exact) mass is 152 g/mol. The number of aryl methyl sites for hydroxylation is 1. The molecule has 1 aromatic heterocycles. The minimum Gasteiger partial charge on any atom is -0.230 e. The first-order valence-electron chi connectivity index (χ1n) is 4.11. The van der Waals surface area contributed by atoms with Crippen LogP contribution in [0.5, 0.6) is 0 Å². The topological polar surface area (TPSA) is 43.6 Å². The number of rotatable bonds is 0. The number of fused-ring (bicyclic) bond motifs is 1. The van der Waals surface area contributed by atoms with Gasteiger partial charge in [-0.1, -0.05) is 6.92 Å². The molecule has 4 nitrogen and oxygen atoms in total. The normalized spacial score (nSPS) is 24.3. The van der Waals surface area contributed by atoms with Crippen molar-refractivity contribution in [2.24, 2.45) is 5.92 Å². The van der Waals surface area contributed by atoms with Crippen molar-refractivity contribution >= 4 is 0 Å². The molecule has 2 rings (SSSR count). The first kappa shape index (κ1) is 6.76. The molecule has 0 bridgehead atoms. The fourth-order valence-electron chi connectivity index (χ4n) is 1.55. The highest BCUT2D eigenvalue weighted by atomic mass is 15.5. The Balaban J connectivity index is 2.26. The summed E-state index contributed by atoms with van der Waals surface area (Å²) in [6, 6.07) is 0. The molecular formula is C7H12N4. The van der Waals surface area contributed by atoms with Gasteiger partial charge in [0.25, 0.3) is 0 Å². The minimum absolute atomic E-state index is 0.738. The fourth-order valence-corrected chi connectivity index (χ4v) is 1.55. The molecular weight excluding hydrogens is 140 g/mol. The lowest BCUT2D eigenvalue weighted by Crippen LogP contribution is -2.03. The molecule has 1 aliphatic rings. The van der Waals surface area contributed by atoms with Crippen LogP contribution in [0.25, 0.3) is 0 Å². The average molecular weight is 152 g/mol. The molecule has 60 valence electrons. The van der Waals surface area contributed by atoms with Crippen LogP contribution >= 0.6 is 0 Å². The summed E-state index contributed by atoms with van der Waals surface area (Å²) in [5, 5.41) is 11.5.